The Hall–Kier alpha value is -5.58. The van der Waals surface area contributed by atoms with Gasteiger partial charge in [0.15, 0.2) is 8.07 Å². The lowest BCUT2D eigenvalue weighted by atomic mass is 9.34. The van der Waals surface area contributed by atoms with E-state index in [9.17, 15) is 0 Å². The number of hydrogen-bond acceptors (Lipinski definition) is 1. The second-order valence-corrected chi connectivity index (χ2v) is 16.5. The molecule has 0 radical (unpaired) electrons. The summed E-state index contributed by atoms with van der Waals surface area (Å²) < 4.78 is 2.53. The minimum Gasteiger partial charge on any atom is -0.312 e. The number of para-hydroxylation sites is 4. The molecule has 46 heavy (non-hydrogen) atoms. The summed E-state index contributed by atoms with van der Waals surface area (Å²) in [6.45, 7) is 0.140. The van der Waals surface area contributed by atoms with E-state index in [-0.39, 0.29) is 6.71 Å². The number of nitrogens with zero attached hydrogens (tertiary/aromatic N) is 2. The predicted octanol–water partition coefficient (Wildman–Crippen LogP) is 5.09. The second kappa shape index (κ2) is 8.78. The lowest BCUT2D eigenvalue weighted by Crippen LogP contribution is -2.78. The molecule has 3 aliphatic heterocycles. The zero-order chi connectivity index (χ0) is 30.0. The van der Waals surface area contributed by atoms with Gasteiger partial charge >= 0.3 is 0 Å². The lowest BCUT2D eigenvalue weighted by Gasteiger charge is -2.49. The normalized spacial score (nSPS) is 14.6. The van der Waals surface area contributed by atoms with Gasteiger partial charge in [-0.3, -0.25) is 0 Å². The largest absolute Gasteiger partial charge is 0.312 e. The first-order valence-corrected chi connectivity index (χ1v) is 18.2. The summed E-state index contributed by atoms with van der Waals surface area (Å²) in [6, 6.07) is 61.9. The van der Waals surface area contributed by atoms with Crippen molar-refractivity contribution in [2.24, 2.45) is 0 Å². The SMILES string of the molecule is c1ccc([Si]2(c3ccccc3)c3ccccc3N3c4ccc5c6ccccc6n6c5c4B(c4ccccc4-6)c4cccc2c43)cc1. The van der Waals surface area contributed by atoms with E-state index >= 15 is 0 Å². The highest BCUT2D eigenvalue weighted by Crippen LogP contribution is 2.43. The third-order valence-electron chi connectivity index (χ3n) is 10.8. The number of aromatic nitrogens is 1. The van der Waals surface area contributed by atoms with Gasteiger partial charge in [0.05, 0.1) is 11.0 Å². The molecule has 0 amide bonds. The summed E-state index contributed by atoms with van der Waals surface area (Å²) in [5.74, 6) is 0. The van der Waals surface area contributed by atoms with Crippen LogP contribution in [0.4, 0.5) is 17.1 Å². The number of rotatable bonds is 2. The molecule has 0 N–H and O–H groups in total. The molecule has 0 atom stereocenters. The van der Waals surface area contributed by atoms with Gasteiger partial charge in [-0.1, -0.05) is 140 Å². The average Bonchev–Trinajstić information content (AvgIpc) is 3.48. The van der Waals surface area contributed by atoms with Crippen LogP contribution in [0.25, 0.3) is 27.5 Å². The molecule has 1 aromatic heterocycles. The molecule has 7 aromatic carbocycles. The van der Waals surface area contributed by atoms with Crippen LogP contribution in [0.1, 0.15) is 0 Å². The lowest BCUT2D eigenvalue weighted by molar-refractivity contribution is 1.18. The summed E-state index contributed by atoms with van der Waals surface area (Å²) >= 11 is 0. The fraction of sp³-hybridized carbons (Fsp3) is 0. The van der Waals surface area contributed by atoms with Crippen LogP contribution in [0.3, 0.4) is 0 Å². The van der Waals surface area contributed by atoms with Crippen molar-refractivity contribution >= 4 is 90.8 Å². The van der Waals surface area contributed by atoms with Crippen LogP contribution in [0.15, 0.2) is 164 Å². The molecule has 0 saturated carbocycles. The maximum Gasteiger partial charge on any atom is 0.252 e. The van der Waals surface area contributed by atoms with E-state index in [1.807, 2.05) is 0 Å². The quantitative estimate of drug-likeness (QED) is 0.252. The van der Waals surface area contributed by atoms with Crippen molar-refractivity contribution in [3.63, 3.8) is 0 Å². The standard InChI is InChI=1S/C42H27BN2Si/c1-3-14-28(15-4-1)46(29-16-5-2-6-17-29)38-24-12-11-23-36(38)45-37-27-26-31-30-18-7-9-21-34(30)44-35-22-10-8-19-32(35)43(40(37)41(31)44)33-20-13-25-39(46)42(33)45/h1-27H. The number of fused-ring (bicyclic) bond motifs is 10. The van der Waals surface area contributed by atoms with Crippen molar-refractivity contribution in [3.05, 3.63) is 164 Å². The van der Waals surface area contributed by atoms with Crippen molar-refractivity contribution in [1.82, 2.24) is 4.57 Å². The van der Waals surface area contributed by atoms with Crippen LogP contribution >= 0.6 is 0 Å². The van der Waals surface area contributed by atoms with E-state index in [0.29, 0.717) is 0 Å². The Morgan fingerprint density at radius 1 is 0.435 bits per heavy atom. The molecule has 2 nitrogen and oxygen atoms in total. The third-order valence-corrected chi connectivity index (χ3v) is 15.7. The summed E-state index contributed by atoms with van der Waals surface area (Å²) in [5.41, 5.74) is 12.1. The molecule has 4 heterocycles. The third kappa shape index (κ3) is 2.81. The first-order valence-electron chi connectivity index (χ1n) is 16.2. The van der Waals surface area contributed by atoms with E-state index in [1.54, 1.807) is 0 Å². The Kier molecular flexibility index (Phi) is 4.72. The van der Waals surface area contributed by atoms with Gasteiger partial charge in [0.25, 0.3) is 6.71 Å². The Labute approximate surface area is 268 Å². The van der Waals surface area contributed by atoms with Crippen molar-refractivity contribution in [2.45, 2.75) is 0 Å². The van der Waals surface area contributed by atoms with E-state index in [4.69, 9.17) is 0 Å². The predicted molar refractivity (Wildman–Crippen MR) is 197 cm³/mol. The zero-order valence-electron chi connectivity index (χ0n) is 25.1. The monoisotopic (exact) mass is 598 g/mol. The molecule has 0 fully saturated rings. The van der Waals surface area contributed by atoms with Gasteiger partial charge in [0.1, 0.15) is 0 Å². The van der Waals surface area contributed by atoms with Gasteiger partial charge in [-0.2, -0.15) is 0 Å². The topological polar surface area (TPSA) is 8.17 Å². The fourth-order valence-corrected chi connectivity index (χ4v) is 14.4. The Morgan fingerprint density at radius 2 is 1.07 bits per heavy atom. The van der Waals surface area contributed by atoms with Gasteiger partial charge in [0, 0.05) is 33.5 Å². The second-order valence-electron chi connectivity index (χ2n) is 12.8. The van der Waals surface area contributed by atoms with Crippen molar-refractivity contribution in [2.75, 3.05) is 4.90 Å². The molecule has 0 saturated heterocycles. The maximum atomic E-state index is 2.62. The molecule has 0 unspecified atom stereocenters. The van der Waals surface area contributed by atoms with E-state index in [1.165, 1.54) is 81.7 Å². The van der Waals surface area contributed by atoms with Crippen molar-refractivity contribution < 1.29 is 0 Å². The molecule has 8 aromatic rings. The van der Waals surface area contributed by atoms with Gasteiger partial charge in [-0.15, -0.1) is 0 Å². The van der Waals surface area contributed by atoms with Crippen LogP contribution in [0.5, 0.6) is 0 Å². The minimum atomic E-state index is -2.70. The highest BCUT2D eigenvalue weighted by Gasteiger charge is 2.52. The average molecular weight is 599 g/mol. The van der Waals surface area contributed by atoms with Crippen LogP contribution in [-0.4, -0.2) is 19.4 Å². The first-order chi connectivity index (χ1) is 22.9. The minimum absolute atomic E-state index is 0.140. The van der Waals surface area contributed by atoms with Crippen LogP contribution in [0, 0.1) is 0 Å². The highest BCUT2D eigenvalue weighted by molar-refractivity contribution is 7.22. The molecule has 11 rings (SSSR count). The summed E-state index contributed by atoms with van der Waals surface area (Å²) in [7, 11) is -2.70. The first kappa shape index (κ1) is 24.7. The van der Waals surface area contributed by atoms with Crippen LogP contribution < -0.4 is 42.0 Å². The molecule has 0 spiro atoms. The molecular weight excluding hydrogens is 571 g/mol. The van der Waals surface area contributed by atoms with Crippen molar-refractivity contribution in [1.29, 1.82) is 0 Å². The number of anilines is 3. The molecular formula is C42H27BN2Si. The van der Waals surface area contributed by atoms with Gasteiger partial charge in [0.2, 0.25) is 0 Å². The highest BCUT2D eigenvalue weighted by atomic mass is 28.3. The van der Waals surface area contributed by atoms with Crippen LogP contribution in [-0.2, 0) is 0 Å². The molecule has 3 aliphatic rings. The summed E-state index contributed by atoms with van der Waals surface area (Å²) in [4.78, 5) is 2.62. The zero-order valence-corrected chi connectivity index (χ0v) is 26.1. The number of hydrogen-bond donors (Lipinski definition) is 0. The van der Waals surface area contributed by atoms with E-state index in [2.05, 4.69) is 173 Å². The molecule has 0 bridgehead atoms. The van der Waals surface area contributed by atoms with Crippen LogP contribution in [0.2, 0.25) is 0 Å². The van der Waals surface area contributed by atoms with Gasteiger partial charge in [-0.05, 0) is 61.4 Å². The molecule has 0 aliphatic carbocycles. The van der Waals surface area contributed by atoms with Gasteiger partial charge < -0.3 is 9.47 Å². The Morgan fingerprint density at radius 3 is 1.87 bits per heavy atom. The van der Waals surface area contributed by atoms with E-state index in [0.717, 1.165) is 0 Å². The summed E-state index contributed by atoms with van der Waals surface area (Å²) in [6.07, 6.45) is 0. The van der Waals surface area contributed by atoms with Gasteiger partial charge in [-0.25, -0.2) is 0 Å². The Balaban J connectivity index is 1.35. The number of benzene rings is 7. The van der Waals surface area contributed by atoms with E-state index < -0.39 is 8.07 Å². The Bertz CT molecular complexity index is 2510. The fourth-order valence-electron chi connectivity index (χ4n) is 9.23. The molecule has 212 valence electrons. The maximum absolute atomic E-state index is 2.70. The summed E-state index contributed by atoms with van der Waals surface area (Å²) in [5, 5.41) is 8.40. The molecule has 4 heteroatoms. The van der Waals surface area contributed by atoms with Crippen molar-refractivity contribution in [3.8, 4) is 5.69 Å². The smallest absolute Gasteiger partial charge is 0.252 e.